The first-order chi connectivity index (χ1) is 15.6. The third-order valence-corrected chi connectivity index (χ3v) is 5.81. The number of piperidine rings is 1. The highest BCUT2D eigenvalue weighted by Crippen LogP contribution is 2.29. The summed E-state index contributed by atoms with van der Waals surface area (Å²) in [6.07, 6.45) is 5.19. The summed E-state index contributed by atoms with van der Waals surface area (Å²) in [4.78, 5) is 18.6. The Morgan fingerprint density at radius 1 is 1.03 bits per heavy atom. The van der Waals surface area contributed by atoms with Crippen molar-refractivity contribution in [1.29, 1.82) is 0 Å². The second-order valence-corrected chi connectivity index (χ2v) is 8.93. The lowest BCUT2D eigenvalue weighted by molar-refractivity contribution is 0.0622. The predicted octanol–water partition coefficient (Wildman–Crippen LogP) is 5.66. The monoisotopic (exact) mass is 432 g/mol. The van der Waals surface area contributed by atoms with Crippen LogP contribution in [0.15, 0.2) is 60.8 Å². The number of amides is 1. The smallest absolute Gasteiger partial charge is 0.409 e. The van der Waals surface area contributed by atoms with Crippen LogP contribution in [0.3, 0.4) is 0 Å². The predicted molar refractivity (Wildman–Crippen MR) is 127 cm³/mol. The molecule has 0 atom stereocenters. The van der Waals surface area contributed by atoms with Crippen LogP contribution in [0.25, 0.3) is 10.9 Å². The number of hydrogen-bond donors (Lipinski definition) is 0. The number of rotatable bonds is 7. The molecular formula is C27H32N2O3. The summed E-state index contributed by atoms with van der Waals surface area (Å²) in [5.41, 5.74) is 3.48. The first kappa shape index (κ1) is 22.1. The average molecular weight is 433 g/mol. The van der Waals surface area contributed by atoms with Gasteiger partial charge in [-0.25, -0.2) is 4.79 Å². The number of carbonyl (C=O) groups excluding carboxylic acids is 1. The van der Waals surface area contributed by atoms with Crippen molar-refractivity contribution in [3.8, 4) is 5.75 Å². The topological polar surface area (TPSA) is 51.7 Å². The number of likely N-dealkylation sites (tertiary alicyclic amines) is 1. The average Bonchev–Trinajstić information content (AvgIpc) is 2.82. The molecule has 32 heavy (non-hydrogen) atoms. The number of pyridine rings is 1. The molecule has 5 nitrogen and oxygen atoms in total. The molecule has 0 spiro atoms. The first-order valence-corrected chi connectivity index (χ1v) is 11.6. The van der Waals surface area contributed by atoms with Crippen molar-refractivity contribution in [2.45, 2.75) is 45.6 Å². The summed E-state index contributed by atoms with van der Waals surface area (Å²) in [5.74, 6) is 1.18. The van der Waals surface area contributed by atoms with E-state index in [4.69, 9.17) is 9.47 Å². The Morgan fingerprint density at radius 3 is 2.53 bits per heavy atom. The van der Waals surface area contributed by atoms with Crippen LogP contribution in [0.2, 0.25) is 0 Å². The highest BCUT2D eigenvalue weighted by Gasteiger charge is 2.25. The van der Waals surface area contributed by atoms with Gasteiger partial charge in [0.1, 0.15) is 17.4 Å². The lowest BCUT2D eigenvalue weighted by Gasteiger charge is -2.32. The molecule has 3 aromatic rings. The highest BCUT2D eigenvalue weighted by atomic mass is 16.6. The van der Waals surface area contributed by atoms with E-state index in [0.29, 0.717) is 25.6 Å². The van der Waals surface area contributed by atoms with E-state index in [1.165, 1.54) is 11.1 Å². The van der Waals surface area contributed by atoms with E-state index in [1.54, 1.807) is 4.90 Å². The summed E-state index contributed by atoms with van der Waals surface area (Å²) in [5, 5.41) is 1.10. The van der Waals surface area contributed by atoms with Gasteiger partial charge >= 0.3 is 6.09 Å². The highest BCUT2D eigenvalue weighted by molar-refractivity contribution is 5.85. The van der Waals surface area contributed by atoms with Crippen LogP contribution in [-0.4, -0.2) is 41.8 Å². The van der Waals surface area contributed by atoms with Crippen molar-refractivity contribution in [3.63, 3.8) is 0 Å². The van der Waals surface area contributed by atoms with E-state index in [-0.39, 0.29) is 12.2 Å². The summed E-state index contributed by atoms with van der Waals surface area (Å²) < 4.78 is 11.8. The minimum atomic E-state index is -0.216. The Morgan fingerprint density at radius 2 is 1.78 bits per heavy atom. The van der Waals surface area contributed by atoms with Crippen LogP contribution in [-0.2, 0) is 17.6 Å². The van der Waals surface area contributed by atoms with Crippen LogP contribution in [0.1, 0.15) is 37.8 Å². The molecule has 1 aliphatic heterocycles. The summed E-state index contributed by atoms with van der Waals surface area (Å²) in [7, 11) is 0. The Labute approximate surface area is 190 Å². The van der Waals surface area contributed by atoms with Gasteiger partial charge in [0.05, 0.1) is 6.61 Å². The van der Waals surface area contributed by atoms with Gasteiger partial charge in [-0.05, 0) is 48.1 Å². The number of carbonyl (C=O) groups is 1. The second-order valence-electron chi connectivity index (χ2n) is 8.93. The largest absolute Gasteiger partial charge is 0.488 e. The van der Waals surface area contributed by atoms with E-state index in [1.807, 2.05) is 32.2 Å². The quantitative estimate of drug-likeness (QED) is 0.484. The van der Waals surface area contributed by atoms with Gasteiger partial charge in [0, 0.05) is 37.5 Å². The molecule has 1 fully saturated rings. The normalized spacial score (nSPS) is 14.7. The summed E-state index contributed by atoms with van der Waals surface area (Å²) in [6, 6.07) is 19.0. The number of aryl methyl sites for hydroxylation is 2. The zero-order valence-electron chi connectivity index (χ0n) is 19.0. The fourth-order valence-corrected chi connectivity index (χ4v) is 4.05. The van der Waals surface area contributed by atoms with Crippen molar-refractivity contribution in [2.24, 2.45) is 5.92 Å². The SMILES string of the molecule is CC(C)COC(=O)N1CCC(Oc2cc(CCc3ccccc3)cc3cccnc23)CC1. The van der Waals surface area contributed by atoms with Crippen molar-refractivity contribution in [3.05, 3.63) is 71.9 Å². The van der Waals surface area contributed by atoms with Crippen LogP contribution >= 0.6 is 0 Å². The molecule has 1 aliphatic rings. The second kappa shape index (κ2) is 10.5. The molecule has 2 aromatic carbocycles. The molecule has 0 N–H and O–H groups in total. The molecule has 168 valence electrons. The van der Waals surface area contributed by atoms with E-state index in [2.05, 4.69) is 47.4 Å². The van der Waals surface area contributed by atoms with Gasteiger partial charge in [-0.3, -0.25) is 4.98 Å². The zero-order chi connectivity index (χ0) is 22.3. The Hall–Kier alpha value is -3.08. The van der Waals surface area contributed by atoms with Crippen molar-refractivity contribution >= 4 is 17.0 Å². The molecule has 0 saturated carbocycles. The van der Waals surface area contributed by atoms with Gasteiger partial charge in [-0.1, -0.05) is 50.2 Å². The molecule has 0 unspecified atom stereocenters. The van der Waals surface area contributed by atoms with E-state index >= 15 is 0 Å². The van der Waals surface area contributed by atoms with Crippen LogP contribution < -0.4 is 4.74 Å². The molecule has 0 bridgehead atoms. The number of fused-ring (bicyclic) bond motifs is 1. The zero-order valence-corrected chi connectivity index (χ0v) is 19.0. The van der Waals surface area contributed by atoms with Crippen LogP contribution in [0.4, 0.5) is 4.79 Å². The Kier molecular flexibility index (Phi) is 7.25. The van der Waals surface area contributed by atoms with Gasteiger partial charge in [-0.2, -0.15) is 0 Å². The lowest BCUT2D eigenvalue weighted by atomic mass is 10.0. The minimum absolute atomic E-state index is 0.0683. The molecule has 1 amide bonds. The van der Waals surface area contributed by atoms with E-state index in [9.17, 15) is 4.79 Å². The Balaban J connectivity index is 1.41. The molecular weight excluding hydrogens is 400 g/mol. The molecule has 0 aliphatic carbocycles. The van der Waals surface area contributed by atoms with Gasteiger partial charge in [-0.15, -0.1) is 0 Å². The fraction of sp³-hybridized carbons (Fsp3) is 0.407. The summed E-state index contributed by atoms with van der Waals surface area (Å²) >= 11 is 0. The lowest BCUT2D eigenvalue weighted by Crippen LogP contribution is -2.42. The summed E-state index contributed by atoms with van der Waals surface area (Å²) in [6.45, 7) is 5.85. The van der Waals surface area contributed by atoms with Crippen LogP contribution in [0, 0.1) is 5.92 Å². The molecule has 5 heteroatoms. The fourth-order valence-electron chi connectivity index (χ4n) is 4.05. The molecule has 0 radical (unpaired) electrons. The number of nitrogens with zero attached hydrogens (tertiary/aromatic N) is 2. The van der Waals surface area contributed by atoms with Gasteiger partial charge < -0.3 is 14.4 Å². The van der Waals surface area contributed by atoms with E-state index in [0.717, 1.165) is 42.3 Å². The third kappa shape index (κ3) is 5.78. The standard InChI is InChI=1S/C27H32N2O3/c1-20(2)19-31-27(30)29-15-12-24(13-16-29)32-25-18-22(11-10-21-7-4-3-5-8-21)17-23-9-6-14-28-26(23)25/h3-9,14,17-18,20,24H,10-13,15-16,19H2,1-2H3. The maximum Gasteiger partial charge on any atom is 0.409 e. The molecule has 1 aromatic heterocycles. The van der Waals surface area contributed by atoms with Gasteiger partial charge in [0.25, 0.3) is 0 Å². The maximum absolute atomic E-state index is 12.2. The first-order valence-electron chi connectivity index (χ1n) is 11.6. The molecule has 4 rings (SSSR count). The van der Waals surface area contributed by atoms with E-state index < -0.39 is 0 Å². The van der Waals surface area contributed by atoms with Gasteiger partial charge in [0.15, 0.2) is 0 Å². The Bertz CT molecular complexity index is 1030. The number of aromatic nitrogens is 1. The van der Waals surface area contributed by atoms with Crippen molar-refractivity contribution in [1.82, 2.24) is 9.88 Å². The number of ether oxygens (including phenoxy) is 2. The molecule has 2 heterocycles. The molecule has 1 saturated heterocycles. The van der Waals surface area contributed by atoms with Crippen LogP contribution in [0.5, 0.6) is 5.75 Å². The van der Waals surface area contributed by atoms with Crippen molar-refractivity contribution < 1.29 is 14.3 Å². The number of hydrogen-bond acceptors (Lipinski definition) is 4. The van der Waals surface area contributed by atoms with Crippen molar-refractivity contribution in [2.75, 3.05) is 19.7 Å². The maximum atomic E-state index is 12.2. The number of benzene rings is 2. The third-order valence-electron chi connectivity index (χ3n) is 5.81. The van der Waals surface area contributed by atoms with Gasteiger partial charge in [0.2, 0.25) is 0 Å². The minimum Gasteiger partial charge on any atom is -0.488 e.